The van der Waals surface area contributed by atoms with E-state index >= 15 is 0 Å². The fourth-order valence-electron chi connectivity index (χ4n) is 2.92. The van der Waals surface area contributed by atoms with Gasteiger partial charge in [0.05, 0.1) is 22.6 Å². The van der Waals surface area contributed by atoms with Crippen LogP contribution < -0.4 is 0 Å². The van der Waals surface area contributed by atoms with Gasteiger partial charge >= 0.3 is 0 Å². The van der Waals surface area contributed by atoms with Gasteiger partial charge in [-0.05, 0) is 25.0 Å². The highest BCUT2D eigenvalue weighted by Gasteiger charge is 2.28. The van der Waals surface area contributed by atoms with Gasteiger partial charge in [-0.15, -0.1) is 0 Å². The Kier molecular flexibility index (Phi) is 3.90. The topological polar surface area (TPSA) is 72.3 Å². The zero-order chi connectivity index (χ0) is 15.7. The number of nitrogens with zero attached hydrogens (tertiary/aromatic N) is 3. The molecule has 1 saturated heterocycles. The number of aromatic nitrogens is 2. The molecule has 0 radical (unpaired) electrons. The number of fused-ring (bicyclic) bond motifs is 1. The summed E-state index contributed by atoms with van der Waals surface area (Å²) in [5.74, 6) is 0.00936. The molecule has 0 unspecified atom stereocenters. The number of rotatable bonds is 3. The van der Waals surface area contributed by atoms with Gasteiger partial charge in [0.2, 0.25) is 5.91 Å². The fourth-order valence-corrected chi connectivity index (χ4v) is 3.98. The molecule has 1 aromatic carbocycles. The second kappa shape index (κ2) is 5.72. The van der Waals surface area contributed by atoms with Crippen LogP contribution in [0.4, 0.5) is 0 Å². The van der Waals surface area contributed by atoms with E-state index in [1.165, 1.54) is 6.26 Å². The van der Waals surface area contributed by atoms with E-state index in [1.807, 2.05) is 28.8 Å². The zero-order valence-corrected chi connectivity index (χ0v) is 13.3. The van der Waals surface area contributed by atoms with Crippen molar-refractivity contribution in [1.29, 1.82) is 0 Å². The lowest BCUT2D eigenvalue weighted by Crippen LogP contribution is -2.43. The quantitative estimate of drug-likeness (QED) is 0.848. The van der Waals surface area contributed by atoms with Crippen molar-refractivity contribution >= 4 is 26.8 Å². The molecular formula is C15H19N3O3S. The van der Waals surface area contributed by atoms with E-state index < -0.39 is 9.84 Å². The highest BCUT2D eigenvalue weighted by Crippen LogP contribution is 2.18. The van der Waals surface area contributed by atoms with Gasteiger partial charge in [-0.25, -0.2) is 13.4 Å². The number of amides is 1. The first-order valence-electron chi connectivity index (χ1n) is 7.31. The van der Waals surface area contributed by atoms with E-state index in [1.54, 1.807) is 11.2 Å². The van der Waals surface area contributed by atoms with Gasteiger partial charge in [-0.3, -0.25) is 4.79 Å². The molecule has 0 N–H and O–H groups in total. The monoisotopic (exact) mass is 321 g/mol. The number of benzene rings is 1. The van der Waals surface area contributed by atoms with Crippen LogP contribution in [0.25, 0.3) is 11.0 Å². The molecule has 0 aliphatic carbocycles. The Balaban J connectivity index is 1.66. The number of hydrogen-bond donors (Lipinski definition) is 0. The number of sulfone groups is 1. The van der Waals surface area contributed by atoms with Crippen LogP contribution in [0.1, 0.15) is 12.8 Å². The van der Waals surface area contributed by atoms with Crippen molar-refractivity contribution in [2.24, 2.45) is 0 Å². The summed E-state index contributed by atoms with van der Waals surface area (Å²) in [6.07, 6.45) is 3.99. The summed E-state index contributed by atoms with van der Waals surface area (Å²) in [6, 6.07) is 7.68. The number of carbonyl (C=O) groups excluding carboxylic acids is 1. The molecule has 22 heavy (non-hydrogen) atoms. The third-order valence-electron chi connectivity index (χ3n) is 4.23. The maximum atomic E-state index is 12.4. The molecule has 1 aromatic heterocycles. The smallest absolute Gasteiger partial charge is 0.242 e. The lowest BCUT2D eigenvalue weighted by atomic mass is 10.1. The summed E-state index contributed by atoms with van der Waals surface area (Å²) in [4.78, 5) is 18.4. The summed E-state index contributed by atoms with van der Waals surface area (Å²) in [5, 5.41) is -0.314. The summed E-state index contributed by atoms with van der Waals surface area (Å²) in [7, 11) is -3.01. The average molecular weight is 321 g/mol. The average Bonchev–Trinajstić information content (AvgIpc) is 2.90. The van der Waals surface area contributed by atoms with Gasteiger partial charge in [0, 0.05) is 19.3 Å². The second-order valence-electron chi connectivity index (χ2n) is 5.77. The maximum Gasteiger partial charge on any atom is 0.242 e. The molecule has 1 fully saturated rings. The molecule has 6 nitrogen and oxygen atoms in total. The lowest BCUT2D eigenvalue weighted by Gasteiger charge is -2.31. The standard InChI is InChI=1S/C15H19N3O3S/c1-22(20,21)12-6-8-17(9-7-12)15(19)10-18-11-16-13-4-2-3-5-14(13)18/h2-5,11-12H,6-10H2,1H3. The van der Waals surface area contributed by atoms with Crippen LogP contribution in [-0.2, 0) is 21.2 Å². The first-order chi connectivity index (χ1) is 10.4. The maximum absolute atomic E-state index is 12.4. The molecule has 2 aromatic rings. The van der Waals surface area contributed by atoms with E-state index in [9.17, 15) is 13.2 Å². The van der Waals surface area contributed by atoms with Crippen molar-refractivity contribution in [3.8, 4) is 0 Å². The van der Waals surface area contributed by atoms with Gasteiger partial charge in [0.15, 0.2) is 0 Å². The van der Waals surface area contributed by atoms with Gasteiger partial charge in [0.1, 0.15) is 16.4 Å². The summed E-state index contributed by atoms with van der Waals surface area (Å²) in [5.41, 5.74) is 1.80. The van der Waals surface area contributed by atoms with E-state index in [2.05, 4.69) is 4.98 Å². The number of hydrogen-bond acceptors (Lipinski definition) is 4. The Morgan fingerprint density at radius 3 is 2.64 bits per heavy atom. The number of carbonyl (C=O) groups is 1. The third kappa shape index (κ3) is 2.99. The SMILES string of the molecule is CS(=O)(=O)C1CCN(C(=O)Cn2cnc3ccccc32)CC1. The first kappa shape index (κ1) is 15.0. The van der Waals surface area contributed by atoms with Crippen LogP contribution in [-0.4, -0.2) is 53.4 Å². The minimum absolute atomic E-state index is 0.00936. The number of para-hydroxylation sites is 2. The Labute approximate surface area is 129 Å². The van der Waals surface area contributed by atoms with Gasteiger partial charge in [-0.1, -0.05) is 12.1 Å². The molecule has 2 heterocycles. The van der Waals surface area contributed by atoms with Gasteiger partial charge in [0.25, 0.3) is 0 Å². The second-order valence-corrected chi connectivity index (χ2v) is 8.10. The van der Waals surface area contributed by atoms with Crippen molar-refractivity contribution in [1.82, 2.24) is 14.5 Å². The van der Waals surface area contributed by atoms with Crippen molar-refractivity contribution < 1.29 is 13.2 Å². The zero-order valence-electron chi connectivity index (χ0n) is 12.5. The van der Waals surface area contributed by atoms with Crippen LogP contribution in [0, 0.1) is 0 Å². The molecule has 3 rings (SSSR count). The summed E-state index contributed by atoms with van der Waals surface area (Å²) < 4.78 is 24.9. The summed E-state index contributed by atoms with van der Waals surface area (Å²) in [6.45, 7) is 1.25. The highest BCUT2D eigenvalue weighted by atomic mass is 32.2. The largest absolute Gasteiger partial charge is 0.341 e. The molecule has 0 spiro atoms. The summed E-state index contributed by atoms with van der Waals surface area (Å²) >= 11 is 0. The van der Waals surface area contributed by atoms with Gasteiger partial charge in [-0.2, -0.15) is 0 Å². The number of piperidine rings is 1. The number of likely N-dealkylation sites (tertiary alicyclic amines) is 1. The van der Waals surface area contributed by atoms with Crippen molar-refractivity contribution in [3.63, 3.8) is 0 Å². The number of imidazole rings is 1. The van der Waals surface area contributed by atoms with E-state index in [0.29, 0.717) is 25.9 Å². The molecular weight excluding hydrogens is 302 g/mol. The molecule has 1 amide bonds. The Bertz CT molecular complexity index is 789. The van der Waals surface area contributed by atoms with E-state index in [0.717, 1.165) is 11.0 Å². The van der Waals surface area contributed by atoms with E-state index in [-0.39, 0.29) is 17.7 Å². The minimum Gasteiger partial charge on any atom is -0.341 e. The van der Waals surface area contributed by atoms with Crippen LogP contribution in [0.15, 0.2) is 30.6 Å². The predicted molar refractivity (Wildman–Crippen MR) is 84.2 cm³/mol. The van der Waals surface area contributed by atoms with Crippen molar-refractivity contribution in [2.75, 3.05) is 19.3 Å². The van der Waals surface area contributed by atoms with Crippen LogP contribution in [0.5, 0.6) is 0 Å². The Morgan fingerprint density at radius 1 is 1.27 bits per heavy atom. The fraction of sp³-hybridized carbons (Fsp3) is 0.467. The molecule has 0 atom stereocenters. The van der Waals surface area contributed by atoms with Gasteiger partial charge < -0.3 is 9.47 Å². The minimum atomic E-state index is -3.01. The predicted octanol–water partition coefficient (Wildman–Crippen LogP) is 1.07. The third-order valence-corrected chi connectivity index (χ3v) is 5.92. The molecule has 1 aliphatic rings. The van der Waals surface area contributed by atoms with E-state index in [4.69, 9.17) is 0 Å². The Morgan fingerprint density at radius 2 is 1.95 bits per heavy atom. The van der Waals surface area contributed by atoms with Crippen molar-refractivity contribution in [2.45, 2.75) is 24.6 Å². The molecule has 118 valence electrons. The lowest BCUT2D eigenvalue weighted by molar-refractivity contribution is -0.132. The van der Waals surface area contributed by atoms with Crippen LogP contribution >= 0.6 is 0 Å². The Hall–Kier alpha value is -1.89. The molecule has 0 saturated carbocycles. The molecule has 1 aliphatic heterocycles. The first-order valence-corrected chi connectivity index (χ1v) is 9.27. The molecule has 0 bridgehead atoms. The molecule has 7 heteroatoms. The van der Waals surface area contributed by atoms with Crippen LogP contribution in [0.3, 0.4) is 0 Å². The highest BCUT2D eigenvalue weighted by molar-refractivity contribution is 7.91. The normalized spacial score (nSPS) is 17.0. The van der Waals surface area contributed by atoms with Crippen molar-refractivity contribution in [3.05, 3.63) is 30.6 Å². The van der Waals surface area contributed by atoms with Crippen LogP contribution in [0.2, 0.25) is 0 Å².